The van der Waals surface area contributed by atoms with Crippen molar-refractivity contribution in [3.63, 3.8) is 0 Å². The highest BCUT2D eigenvalue weighted by Gasteiger charge is 2.21. The van der Waals surface area contributed by atoms with Crippen molar-refractivity contribution in [3.8, 4) is 10.6 Å². The Morgan fingerprint density at radius 1 is 1.22 bits per heavy atom. The van der Waals surface area contributed by atoms with Crippen LogP contribution in [0, 0.1) is 0 Å². The lowest BCUT2D eigenvalue weighted by Gasteiger charge is -2.25. The maximum Gasteiger partial charge on any atom is 0.320 e. The lowest BCUT2D eigenvalue weighted by atomic mass is 10.0. The molecule has 1 aromatic carbocycles. The number of carboxylic acids is 1. The molecule has 0 aliphatic carbocycles. The highest BCUT2D eigenvalue weighted by Crippen LogP contribution is 2.27. The van der Waals surface area contributed by atoms with E-state index in [2.05, 4.69) is 48.4 Å². The van der Waals surface area contributed by atoms with Gasteiger partial charge in [-0.2, -0.15) is 0 Å². The number of carboxylic acid groups (broad SMARTS) is 1. The van der Waals surface area contributed by atoms with Crippen LogP contribution in [-0.2, 0) is 16.1 Å². The zero-order valence-corrected chi connectivity index (χ0v) is 17.0. The fourth-order valence-corrected chi connectivity index (χ4v) is 3.61. The van der Waals surface area contributed by atoms with E-state index in [1.165, 1.54) is 12.5 Å². The highest BCUT2D eigenvalue weighted by molar-refractivity contribution is 7.15. The largest absolute Gasteiger partial charge is 0.480 e. The molecule has 1 amide bonds. The predicted octanol–water partition coefficient (Wildman–Crippen LogP) is 3.34. The topological polar surface area (TPSA) is 82.5 Å². The number of thiazole rings is 1. The Bertz CT molecular complexity index is 771. The van der Waals surface area contributed by atoms with E-state index in [4.69, 9.17) is 0 Å². The molecule has 1 aromatic heterocycles. The number of hydrogen-bond donors (Lipinski definition) is 2. The van der Waals surface area contributed by atoms with Gasteiger partial charge in [-0.15, -0.1) is 11.3 Å². The summed E-state index contributed by atoms with van der Waals surface area (Å²) in [6.07, 6.45) is 1.80. The smallest absolute Gasteiger partial charge is 0.320 e. The second kappa shape index (κ2) is 9.62. The monoisotopic (exact) mass is 389 g/mol. The van der Waals surface area contributed by atoms with Crippen molar-refractivity contribution in [1.29, 1.82) is 0 Å². The molecule has 1 atom stereocenters. The van der Waals surface area contributed by atoms with Crippen LogP contribution in [0.5, 0.6) is 0 Å². The number of nitrogens with zero attached hydrogens (tertiary/aromatic N) is 2. The zero-order valence-electron chi connectivity index (χ0n) is 16.2. The molecular formula is C20H27N3O3S. The van der Waals surface area contributed by atoms with Crippen molar-refractivity contribution >= 4 is 23.2 Å². The van der Waals surface area contributed by atoms with Crippen LogP contribution in [0.1, 0.15) is 44.1 Å². The molecule has 2 aromatic rings. The third kappa shape index (κ3) is 6.15. The van der Waals surface area contributed by atoms with Crippen LogP contribution < -0.4 is 5.32 Å². The maximum absolute atomic E-state index is 11.4. The SMILES string of the molecule is CC(=O)NCCN(Cc1cnc(-c2ccc(C(C)C)cc2)s1)C(C)C(=O)O. The van der Waals surface area contributed by atoms with Crippen molar-refractivity contribution in [2.45, 2.75) is 46.2 Å². The van der Waals surface area contributed by atoms with Gasteiger partial charge >= 0.3 is 5.97 Å². The lowest BCUT2D eigenvalue weighted by Crippen LogP contribution is -2.42. The second-order valence-corrected chi connectivity index (χ2v) is 7.99. The van der Waals surface area contributed by atoms with Gasteiger partial charge in [-0.1, -0.05) is 38.1 Å². The number of rotatable bonds is 9. The van der Waals surface area contributed by atoms with E-state index in [1.54, 1.807) is 24.5 Å². The molecule has 0 aliphatic heterocycles. The summed E-state index contributed by atoms with van der Waals surface area (Å²) in [6, 6.07) is 7.74. The Morgan fingerprint density at radius 3 is 2.44 bits per heavy atom. The highest BCUT2D eigenvalue weighted by atomic mass is 32.1. The first-order valence-electron chi connectivity index (χ1n) is 9.04. The molecule has 0 aliphatic rings. The number of aromatic nitrogens is 1. The lowest BCUT2D eigenvalue weighted by molar-refractivity contribution is -0.142. The zero-order chi connectivity index (χ0) is 20.0. The minimum atomic E-state index is -0.883. The molecule has 7 heteroatoms. The molecule has 2 rings (SSSR count). The molecule has 2 N–H and O–H groups in total. The van der Waals surface area contributed by atoms with E-state index in [0.29, 0.717) is 25.6 Å². The number of amides is 1. The van der Waals surface area contributed by atoms with Gasteiger partial charge in [0.15, 0.2) is 0 Å². The van der Waals surface area contributed by atoms with Crippen LogP contribution in [0.2, 0.25) is 0 Å². The number of benzene rings is 1. The quantitative estimate of drug-likeness (QED) is 0.687. The van der Waals surface area contributed by atoms with E-state index in [1.807, 2.05) is 4.90 Å². The molecule has 0 spiro atoms. The molecule has 146 valence electrons. The van der Waals surface area contributed by atoms with Gasteiger partial charge in [-0.3, -0.25) is 14.5 Å². The molecule has 0 radical (unpaired) electrons. The number of nitrogens with one attached hydrogen (secondary N) is 1. The molecule has 6 nitrogen and oxygen atoms in total. The van der Waals surface area contributed by atoms with Gasteiger partial charge in [0.05, 0.1) is 0 Å². The molecule has 0 bridgehead atoms. The Balaban J connectivity index is 2.09. The van der Waals surface area contributed by atoms with E-state index in [0.717, 1.165) is 15.4 Å². The summed E-state index contributed by atoms with van der Waals surface area (Å²) in [5, 5.41) is 13.0. The van der Waals surface area contributed by atoms with Gasteiger partial charge in [0, 0.05) is 43.2 Å². The van der Waals surface area contributed by atoms with Gasteiger partial charge in [-0.25, -0.2) is 4.98 Å². The van der Waals surface area contributed by atoms with Crippen LogP contribution >= 0.6 is 11.3 Å². The average molecular weight is 390 g/mol. The molecule has 0 saturated carbocycles. The van der Waals surface area contributed by atoms with Crippen LogP contribution in [0.25, 0.3) is 10.6 Å². The number of carbonyl (C=O) groups is 2. The summed E-state index contributed by atoms with van der Waals surface area (Å²) in [5.74, 6) is -0.518. The summed E-state index contributed by atoms with van der Waals surface area (Å²) < 4.78 is 0. The summed E-state index contributed by atoms with van der Waals surface area (Å²) in [5.41, 5.74) is 2.35. The Labute approximate surface area is 164 Å². The van der Waals surface area contributed by atoms with Gasteiger partial charge in [0.2, 0.25) is 5.91 Å². The van der Waals surface area contributed by atoms with Crippen LogP contribution in [0.15, 0.2) is 30.5 Å². The number of aliphatic carboxylic acids is 1. The Hall–Kier alpha value is -2.25. The Morgan fingerprint density at radius 2 is 1.89 bits per heavy atom. The van der Waals surface area contributed by atoms with Gasteiger partial charge < -0.3 is 10.4 Å². The normalized spacial score (nSPS) is 12.4. The van der Waals surface area contributed by atoms with Gasteiger partial charge in [0.1, 0.15) is 11.0 Å². The molecule has 27 heavy (non-hydrogen) atoms. The summed E-state index contributed by atoms with van der Waals surface area (Å²) >= 11 is 1.56. The third-order valence-electron chi connectivity index (χ3n) is 4.41. The summed E-state index contributed by atoms with van der Waals surface area (Å²) in [4.78, 5) is 29.8. The van der Waals surface area contributed by atoms with E-state index in [9.17, 15) is 14.7 Å². The fraction of sp³-hybridized carbons (Fsp3) is 0.450. The second-order valence-electron chi connectivity index (χ2n) is 6.88. The van der Waals surface area contributed by atoms with E-state index >= 15 is 0 Å². The van der Waals surface area contributed by atoms with Gasteiger partial charge in [-0.05, 0) is 18.4 Å². The Kier molecular flexibility index (Phi) is 7.50. The number of carbonyl (C=O) groups excluding carboxylic acids is 1. The van der Waals surface area contributed by atoms with E-state index < -0.39 is 12.0 Å². The van der Waals surface area contributed by atoms with Crippen molar-refractivity contribution in [2.24, 2.45) is 0 Å². The molecule has 1 unspecified atom stereocenters. The van der Waals surface area contributed by atoms with Crippen molar-refractivity contribution < 1.29 is 14.7 Å². The van der Waals surface area contributed by atoms with E-state index in [-0.39, 0.29) is 5.91 Å². The minimum absolute atomic E-state index is 0.122. The molecular weight excluding hydrogens is 362 g/mol. The van der Waals surface area contributed by atoms with Gasteiger partial charge in [0.25, 0.3) is 0 Å². The van der Waals surface area contributed by atoms with Crippen molar-refractivity contribution in [3.05, 3.63) is 40.9 Å². The predicted molar refractivity (Wildman–Crippen MR) is 108 cm³/mol. The molecule has 0 saturated heterocycles. The summed E-state index contributed by atoms with van der Waals surface area (Å²) in [6.45, 7) is 8.78. The molecule has 1 heterocycles. The molecule has 0 fully saturated rings. The first kappa shape index (κ1) is 21.1. The summed E-state index contributed by atoms with van der Waals surface area (Å²) in [7, 11) is 0. The minimum Gasteiger partial charge on any atom is -0.480 e. The van der Waals surface area contributed by atoms with Crippen LogP contribution in [0.3, 0.4) is 0 Å². The first-order chi connectivity index (χ1) is 12.8. The van der Waals surface area contributed by atoms with Crippen LogP contribution in [0.4, 0.5) is 0 Å². The third-order valence-corrected chi connectivity index (χ3v) is 5.45. The first-order valence-corrected chi connectivity index (χ1v) is 9.86. The fourth-order valence-electron chi connectivity index (χ4n) is 2.67. The number of hydrogen-bond acceptors (Lipinski definition) is 5. The van der Waals surface area contributed by atoms with Crippen molar-refractivity contribution in [1.82, 2.24) is 15.2 Å². The van der Waals surface area contributed by atoms with Crippen molar-refractivity contribution in [2.75, 3.05) is 13.1 Å². The average Bonchev–Trinajstić information content (AvgIpc) is 3.08. The van der Waals surface area contributed by atoms with Crippen LogP contribution in [-0.4, -0.2) is 46.0 Å². The standard InChI is InChI=1S/C20H27N3O3S/c1-13(2)16-5-7-17(8-6-16)19-22-11-18(27-19)12-23(14(3)20(25)26)10-9-21-15(4)24/h5-8,11,13-14H,9-10,12H2,1-4H3,(H,21,24)(H,25,26). The maximum atomic E-state index is 11.4.